The Labute approximate surface area is 251 Å². The van der Waals surface area contributed by atoms with Crippen molar-refractivity contribution in [3.05, 3.63) is 143 Å². The highest BCUT2D eigenvalue weighted by Crippen LogP contribution is 2.50. The zero-order valence-electron chi connectivity index (χ0n) is 24.6. The van der Waals surface area contributed by atoms with E-state index in [1.165, 1.54) is 43.8 Å². The van der Waals surface area contributed by atoms with Crippen molar-refractivity contribution in [3.63, 3.8) is 0 Å². The summed E-state index contributed by atoms with van der Waals surface area (Å²) in [5.74, 6) is 0.925. The molecule has 0 N–H and O–H groups in total. The number of hydrogen-bond acceptors (Lipinski definition) is 2. The van der Waals surface area contributed by atoms with E-state index in [4.69, 9.17) is 9.97 Å². The third-order valence-corrected chi connectivity index (χ3v) is 9.98. The molecule has 43 heavy (non-hydrogen) atoms. The number of allylic oxidation sites excluding steroid dienone is 1. The van der Waals surface area contributed by atoms with Crippen molar-refractivity contribution in [3.8, 4) is 17.1 Å². The molecule has 2 aromatic heterocycles. The fraction of sp³-hybridized carbons (Fsp3) is 0.150. The normalized spacial score (nSPS) is 18.2. The van der Waals surface area contributed by atoms with Crippen LogP contribution >= 0.6 is 0 Å². The molecule has 0 saturated carbocycles. The van der Waals surface area contributed by atoms with Gasteiger partial charge in [-0.1, -0.05) is 117 Å². The first-order valence-corrected chi connectivity index (χ1v) is 15.2. The first-order chi connectivity index (χ1) is 20.9. The Bertz CT molecular complexity index is 2320. The molecular weight excluding hydrogens is 522 g/mol. The van der Waals surface area contributed by atoms with Gasteiger partial charge in [0.1, 0.15) is 0 Å². The van der Waals surface area contributed by atoms with E-state index in [1.54, 1.807) is 0 Å². The molecule has 2 aliphatic carbocycles. The third-order valence-electron chi connectivity index (χ3n) is 9.98. The van der Waals surface area contributed by atoms with Gasteiger partial charge in [0.15, 0.2) is 5.82 Å². The molecule has 7 aromatic rings. The largest absolute Gasteiger partial charge is 0.292 e. The summed E-state index contributed by atoms with van der Waals surface area (Å²) in [5, 5.41) is 4.93. The molecule has 3 nitrogen and oxygen atoms in total. The van der Waals surface area contributed by atoms with E-state index in [0.29, 0.717) is 0 Å². The average Bonchev–Trinajstić information content (AvgIpc) is 3.47. The van der Waals surface area contributed by atoms with Crippen molar-refractivity contribution in [2.75, 3.05) is 0 Å². The molecule has 9 rings (SSSR count). The summed E-state index contributed by atoms with van der Waals surface area (Å²) in [6.07, 6.45) is 5.41. The minimum Gasteiger partial charge on any atom is -0.292 e. The lowest BCUT2D eigenvalue weighted by molar-refractivity contribution is 0.545. The molecule has 3 heteroatoms. The second kappa shape index (κ2) is 8.52. The van der Waals surface area contributed by atoms with Gasteiger partial charge in [-0.25, -0.2) is 9.97 Å². The van der Waals surface area contributed by atoms with Gasteiger partial charge >= 0.3 is 0 Å². The molecule has 206 valence electrons. The van der Waals surface area contributed by atoms with Crippen molar-refractivity contribution in [1.29, 1.82) is 0 Å². The third kappa shape index (κ3) is 3.25. The Morgan fingerprint density at radius 1 is 0.628 bits per heavy atom. The van der Waals surface area contributed by atoms with Crippen LogP contribution < -0.4 is 0 Å². The summed E-state index contributed by atoms with van der Waals surface area (Å²) < 4.78 is 2.39. The summed E-state index contributed by atoms with van der Waals surface area (Å²) in [4.78, 5) is 11.4. The Morgan fingerprint density at radius 2 is 1.33 bits per heavy atom. The van der Waals surface area contributed by atoms with Crippen LogP contribution in [0.4, 0.5) is 0 Å². The quantitative estimate of drug-likeness (QED) is 0.213. The highest BCUT2D eigenvalue weighted by atomic mass is 15.1. The highest BCUT2D eigenvalue weighted by Gasteiger charge is 2.43. The number of benzene rings is 5. The average molecular weight is 554 g/mol. The van der Waals surface area contributed by atoms with Gasteiger partial charge in [0, 0.05) is 27.2 Å². The second-order valence-corrected chi connectivity index (χ2v) is 12.9. The summed E-state index contributed by atoms with van der Waals surface area (Å²) >= 11 is 0. The fourth-order valence-electron chi connectivity index (χ4n) is 7.72. The molecule has 5 aromatic carbocycles. The molecule has 0 spiro atoms. The summed E-state index contributed by atoms with van der Waals surface area (Å²) in [5.41, 5.74) is 9.79. The Hall–Kier alpha value is -5.02. The molecule has 0 fully saturated rings. The predicted molar refractivity (Wildman–Crippen MR) is 178 cm³/mol. The monoisotopic (exact) mass is 553 g/mol. The van der Waals surface area contributed by atoms with Gasteiger partial charge in [0.25, 0.3) is 0 Å². The summed E-state index contributed by atoms with van der Waals surface area (Å²) in [6.45, 7) is 6.93. The maximum atomic E-state index is 5.71. The number of hydrogen-bond donors (Lipinski definition) is 0. The smallest absolute Gasteiger partial charge is 0.160 e. The van der Waals surface area contributed by atoms with Gasteiger partial charge in [0.2, 0.25) is 0 Å². The van der Waals surface area contributed by atoms with Crippen molar-refractivity contribution in [2.45, 2.75) is 38.0 Å². The molecule has 0 saturated heterocycles. The minimum atomic E-state index is -0.362. The van der Waals surface area contributed by atoms with Crippen LogP contribution in [0.5, 0.6) is 0 Å². The van der Waals surface area contributed by atoms with Gasteiger partial charge in [-0.05, 0) is 59.0 Å². The maximum Gasteiger partial charge on any atom is 0.160 e. The molecule has 0 bridgehead atoms. The zero-order valence-corrected chi connectivity index (χ0v) is 24.6. The topological polar surface area (TPSA) is 30.7 Å². The number of fused-ring (bicyclic) bond motifs is 8. The molecule has 1 unspecified atom stereocenters. The van der Waals surface area contributed by atoms with Gasteiger partial charge in [-0.2, -0.15) is 0 Å². The van der Waals surface area contributed by atoms with Crippen molar-refractivity contribution in [1.82, 2.24) is 14.5 Å². The number of aromatic nitrogens is 3. The molecule has 0 amide bonds. The van der Waals surface area contributed by atoms with Crippen LogP contribution in [0.25, 0.3) is 55.7 Å². The van der Waals surface area contributed by atoms with Crippen LogP contribution in [-0.4, -0.2) is 14.5 Å². The van der Waals surface area contributed by atoms with Gasteiger partial charge in [-0.3, -0.25) is 4.57 Å². The Balaban J connectivity index is 1.45. The lowest BCUT2D eigenvalue weighted by atomic mass is 9.71. The van der Waals surface area contributed by atoms with Crippen molar-refractivity contribution >= 4 is 38.7 Å². The molecular formula is C40H31N3. The second-order valence-electron chi connectivity index (χ2n) is 12.9. The fourth-order valence-corrected chi connectivity index (χ4v) is 7.72. The maximum absolute atomic E-state index is 5.71. The van der Waals surface area contributed by atoms with Crippen LogP contribution in [0, 0.1) is 0 Å². The predicted octanol–water partition coefficient (Wildman–Crippen LogP) is 9.76. The van der Waals surface area contributed by atoms with Crippen LogP contribution in [0.1, 0.15) is 55.3 Å². The van der Waals surface area contributed by atoms with E-state index < -0.39 is 0 Å². The zero-order chi connectivity index (χ0) is 28.9. The molecule has 2 aliphatic rings. The van der Waals surface area contributed by atoms with E-state index >= 15 is 0 Å². The lowest BCUT2D eigenvalue weighted by Gasteiger charge is -2.35. The van der Waals surface area contributed by atoms with Gasteiger partial charge in [-0.15, -0.1) is 0 Å². The molecule has 0 radical (unpaired) electrons. The lowest BCUT2D eigenvalue weighted by Crippen LogP contribution is -2.30. The summed E-state index contributed by atoms with van der Waals surface area (Å²) in [7, 11) is 0. The van der Waals surface area contributed by atoms with Gasteiger partial charge in [0.05, 0.1) is 28.1 Å². The molecule has 2 heterocycles. The first kappa shape index (κ1) is 24.6. The number of rotatable bonds is 2. The number of para-hydroxylation sites is 1. The Kier molecular flexibility index (Phi) is 4.86. The minimum absolute atomic E-state index is 0.261. The van der Waals surface area contributed by atoms with E-state index in [1.807, 2.05) is 0 Å². The van der Waals surface area contributed by atoms with Crippen molar-refractivity contribution < 1.29 is 0 Å². The van der Waals surface area contributed by atoms with Crippen LogP contribution in [-0.2, 0) is 10.8 Å². The van der Waals surface area contributed by atoms with Crippen LogP contribution in [0.3, 0.4) is 0 Å². The van der Waals surface area contributed by atoms with Crippen LogP contribution in [0.2, 0.25) is 0 Å². The van der Waals surface area contributed by atoms with E-state index in [-0.39, 0.29) is 10.8 Å². The molecule has 1 atom stereocenters. The number of nitrogens with zero attached hydrogens (tertiary/aromatic N) is 3. The van der Waals surface area contributed by atoms with E-state index in [0.717, 1.165) is 40.4 Å². The summed E-state index contributed by atoms with van der Waals surface area (Å²) in [6, 6.07) is 39.5. The van der Waals surface area contributed by atoms with Crippen LogP contribution in [0.15, 0.2) is 115 Å². The van der Waals surface area contributed by atoms with Gasteiger partial charge < -0.3 is 0 Å². The Morgan fingerprint density at radius 3 is 2.19 bits per heavy atom. The van der Waals surface area contributed by atoms with Crippen molar-refractivity contribution in [2.24, 2.45) is 0 Å². The SMILES string of the molecule is CC1(C)c2ccccc2-c2nc(C3(C)CC=Cc4ccccc43)c(-n3c4ccccc4c4cc5ccccc5cc43)nc21. The van der Waals surface area contributed by atoms with E-state index in [9.17, 15) is 0 Å². The molecule has 0 aliphatic heterocycles. The highest BCUT2D eigenvalue weighted by molar-refractivity contribution is 6.13. The standard InChI is InChI=1S/C40H31N3/c1-39(2)32-20-10-7-18-29(32)35-36(39)42-38(37(41-35)40(3)22-12-16-25-13-6-9-19-31(25)40)43-33-21-11-8-17-28(33)30-23-26-14-4-5-15-27(26)24-34(30)43/h4-21,23-24H,22H2,1-3H3. The first-order valence-electron chi connectivity index (χ1n) is 15.2. The van der Waals surface area contributed by atoms with E-state index in [2.05, 4.69) is 147 Å².